The number of carbonyl (C=O) groups is 1. The van der Waals surface area contributed by atoms with Gasteiger partial charge in [-0.2, -0.15) is 15.6 Å². The number of para-hydroxylation sites is 1. The molecule has 0 unspecified atom stereocenters. The molecule has 162 valence electrons. The molecule has 1 aromatic heterocycles. The normalized spacial score (nSPS) is 17.9. The summed E-state index contributed by atoms with van der Waals surface area (Å²) < 4.78 is 5.81. The monoisotopic (exact) mass is 457 g/mol. The summed E-state index contributed by atoms with van der Waals surface area (Å²) in [5.41, 5.74) is 7.92. The number of furan rings is 1. The lowest BCUT2D eigenvalue weighted by atomic mass is 9.96. The number of anilines is 1. The highest BCUT2D eigenvalue weighted by Crippen LogP contribution is 2.31. The number of carboxylic acids is 1. The van der Waals surface area contributed by atoms with Crippen molar-refractivity contribution >= 4 is 35.0 Å². The van der Waals surface area contributed by atoms with E-state index in [1.54, 1.807) is 18.2 Å². The number of allylic oxidation sites excluding steroid dienone is 1. The van der Waals surface area contributed by atoms with Crippen LogP contribution in [0.2, 0.25) is 5.02 Å². The molecule has 0 saturated carbocycles. The Morgan fingerprint density at radius 1 is 1.18 bits per heavy atom. The van der Waals surface area contributed by atoms with E-state index >= 15 is 0 Å². The van der Waals surface area contributed by atoms with Crippen LogP contribution < -0.4 is 10.7 Å². The predicted octanol–water partition coefficient (Wildman–Crippen LogP) is 4.51. The van der Waals surface area contributed by atoms with E-state index in [0.717, 1.165) is 0 Å². The van der Waals surface area contributed by atoms with E-state index in [9.17, 15) is 15.3 Å². The topological polar surface area (TPSA) is 140 Å². The molecule has 1 aliphatic heterocycles. The summed E-state index contributed by atoms with van der Waals surface area (Å²) in [4.78, 5) is 11.1. The third-order valence-corrected chi connectivity index (χ3v) is 5.40. The predicted molar refractivity (Wildman–Crippen MR) is 123 cm³/mol. The van der Waals surface area contributed by atoms with Gasteiger partial charge in [0.05, 0.1) is 33.6 Å². The fraction of sp³-hybridized carbons (Fsp3) is 0.0833. The van der Waals surface area contributed by atoms with Crippen LogP contribution in [0, 0.1) is 28.6 Å². The van der Waals surface area contributed by atoms with Gasteiger partial charge in [0.25, 0.3) is 0 Å². The third kappa shape index (κ3) is 4.21. The SMILES string of the molecule is N#C/C(=C/c1ccc(-c2ccc(C(=O)O)c(Cl)c2)o1)C1=NN(c2ccccc2)[C@H](N)[C@@H]1C#N. The minimum atomic E-state index is -1.12. The molecule has 3 N–H and O–H groups in total. The van der Waals surface area contributed by atoms with E-state index in [2.05, 4.69) is 17.2 Å². The van der Waals surface area contributed by atoms with Gasteiger partial charge >= 0.3 is 5.97 Å². The van der Waals surface area contributed by atoms with Crippen LogP contribution in [0.3, 0.4) is 0 Å². The second kappa shape index (κ2) is 9.01. The number of hydrogen-bond donors (Lipinski definition) is 2. The average molecular weight is 458 g/mol. The van der Waals surface area contributed by atoms with Crippen molar-refractivity contribution in [3.05, 3.63) is 82.6 Å². The van der Waals surface area contributed by atoms with Crippen molar-refractivity contribution < 1.29 is 14.3 Å². The molecular weight excluding hydrogens is 442 g/mol. The summed E-state index contributed by atoms with van der Waals surface area (Å²) in [6.45, 7) is 0. The van der Waals surface area contributed by atoms with Crippen molar-refractivity contribution in [1.82, 2.24) is 0 Å². The minimum absolute atomic E-state index is 0.0139. The Kier molecular flexibility index (Phi) is 5.97. The standard InChI is InChI=1S/C24H16ClN5O3/c25-20-11-14(6-8-18(20)24(31)32)21-9-7-17(33-21)10-15(12-26)22-19(13-27)23(28)30(29-22)16-4-2-1-3-5-16/h1-11,19,23H,28H2,(H,31,32)/b15-10-/t19-,23+/m1/s1. The summed E-state index contributed by atoms with van der Waals surface area (Å²) >= 11 is 6.04. The van der Waals surface area contributed by atoms with Crippen molar-refractivity contribution in [2.24, 2.45) is 16.8 Å². The van der Waals surface area contributed by atoms with Crippen LogP contribution in [-0.4, -0.2) is 23.0 Å². The van der Waals surface area contributed by atoms with Crippen molar-refractivity contribution in [3.8, 4) is 23.5 Å². The molecule has 0 bridgehead atoms. The van der Waals surface area contributed by atoms with Crippen LogP contribution in [-0.2, 0) is 0 Å². The minimum Gasteiger partial charge on any atom is -0.478 e. The maximum Gasteiger partial charge on any atom is 0.337 e. The number of aromatic carboxylic acids is 1. The molecule has 0 amide bonds. The Morgan fingerprint density at radius 2 is 1.94 bits per heavy atom. The third-order valence-electron chi connectivity index (χ3n) is 5.09. The van der Waals surface area contributed by atoms with Crippen LogP contribution >= 0.6 is 11.6 Å². The molecule has 0 aliphatic carbocycles. The summed E-state index contributed by atoms with van der Waals surface area (Å²) in [6, 6.07) is 21.1. The fourth-order valence-corrected chi connectivity index (χ4v) is 3.71. The van der Waals surface area contributed by atoms with E-state index in [-0.39, 0.29) is 21.9 Å². The van der Waals surface area contributed by atoms with E-state index in [4.69, 9.17) is 26.9 Å². The van der Waals surface area contributed by atoms with Gasteiger partial charge in [0, 0.05) is 11.6 Å². The van der Waals surface area contributed by atoms with E-state index in [1.807, 2.05) is 30.3 Å². The maximum atomic E-state index is 11.1. The molecule has 2 atom stereocenters. The number of carboxylic acid groups (broad SMARTS) is 1. The highest BCUT2D eigenvalue weighted by molar-refractivity contribution is 6.33. The molecule has 1 aliphatic rings. The van der Waals surface area contributed by atoms with E-state index in [0.29, 0.717) is 22.8 Å². The summed E-state index contributed by atoms with van der Waals surface area (Å²) in [7, 11) is 0. The number of hydrazone groups is 1. The number of nitriles is 2. The van der Waals surface area contributed by atoms with Gasteiger partial charge in [0.1, 0.15) is 29.7 Å². The van der Waals surface area contributed by atoms with Crippen LogP contribution in [0.5, 0.6) is 0 Å². The molecule has 4 rings (SSSR count). The quantitative estimate of drug-likeness (QED) is 0.537. The van der Waals surface area contributed by atoms with Crippen LogP contribution in [0.4, 0.5) is 5.69 Å². The average Bonchev–Trinajstić information content (AvgIpc) is 3.41. The Labute approximate surface area is 194 Å². The second-order valence-electron chi connectivity index (χ2n) is 7.13. The zero-order valence-electron chi connectivity index (χ0n) is 17.0. The molecule has 0 saturated heterocycles. The van der Waals surface area contributed by atoms with Gasteiger partial charge < -0.3 is 15.3 Å². The number of hydrogen-bond acceptors (Lipinski definition) is 7. The molecular formula is C24H16ClN5O3. The second-order valence-corrected chi connectivity index (χ2v) is 7.54. The largest absolute Gasteiger partial charge is 0.478 e. The highest BCUT2D eigenvalue weighted by atomic mass is 35.5. The highest BCUT2D eigenvalue weighted by Gasteiger charge is 2.37. The number of halogens is 1. The van der Waals surface area contributed by atoms with Crippen molar-refractivity contribution in [1.29, 1.82) is 10.5 Å². The fourth-order valence-electron chi connectivity index (χ4n) is 3.45. The lowest BCUT2D eigenvalue weighted by Crippen LogP contribution is -2.40. The summed E-state index contributed by atoms with van der Waals surface area (Å²) in [5, 5.41) is 34.6. The number of nitrogens with two attached hydrogens (primary N) is 1. The zero-order valence-corrected chi connectivity index (χ0v) is 17.8. The molecule has 0 radical (unpaired) electrons. The van der Waals surface area contributed by atoms with Crippen LogP contribution in [0.25, 0.3) is 17.4 Å². The van der Waals surface area contributed by atoms with E-state index in [1.165, 1.54) is 23.2 Å². The van der Waals surface area contributed by atoms with Gasteiger partial charge in [0.2, 0.25) is 0 Å². The van der Waals surface area contributed by atoms with Gasteiger partial charge in [-0.25, -0.2) is 9.80 Å². The molecule has 9 heteroatoms. The number of rotatable bonds is 5. The summed E-state index contributed by atoms with van der Waals surface area (Å²) in [5.74, 6) is -1.15. The Bertz CT molecular complexity index is 1360. The first-order valence-electron chi connectivity index (χ1n) is 9.76. The Balaban J connectivity index is 1.67. The van der Waals surface area contributed by atoms with E-state index < -0.39 is 18.1 Å². The number of benzene rings is 2. The Morgan fingerprint density at radius 3 is 2.58 bits per heavy atom. The first-order chi connectivity index (χ1) is 15.9. The van der Waals surface area contributed by atoms with Gasteiger partial charge in [-0.05, 0) is 36.4 Å². The van der Waals surface area contributed by atoms with Crippen molar-refractivity contribution in [2.75, 3.05) is 5.01 Å². The van der Waals surface area contributed by atoms with Gasteiger partial charge in [-0.1, -0.05) is 35.9 Å². The lowest BCUT2D eigenvalue weighted by Gasteiger charge is -2.21. The van der Waals surface area contributed by atoms with Crippen molar-refractivity contribution in [2.45, 2.75) is 6.17 Å². The van der Waals surface area contributed by atoms with Gasteiger partial charge in [-0.15, -0.1) is 0 Å². The molecule has 33 heavy (non-hydrogen) atoms. The smallest absolute Gasteiger partial charge is 0.337 e. The van der Waals surface area contributed by atoms with Crippen LogP contribution in [0.1, 0.15) is 16.1 Å². The number of nitrogens with zero attached hydrogens (tertiary/aromatic N) is 4. The molecule has 2 heterocycles. The molecule has 0 fully saturated rings. The zero-order chi connectivity index (χ0) is 23.5. The molecule has 3 aromatic rings. The maximum absolute atomic E-state index is 11.1. The van der Waals surface area contributed by atoms with Gasteiger partial charge in [0.15, 0.2) is 0 Å². The first-order valence-corrected chi connectivity index (χ1v) is 10.1. The van der Waals surface area contributed by atoms with Crippen molar-refractivity contribution in [3.63, 3.8) is 0 Å². The lowest BCUT2D eigenvalue weighted by molar-refractivity contribution is 0.0697. The first kappa shape index (κ1) is 21.8. The molecule has 2 aromatic carbocycles. The van der Waals surface area contributed by atoms with Crippen LogP contribution in [0.15, 0.2) is 75.8 Å². The Hall–Kier alpha value is -4.37. The molecule has 0 spiro atoms. The summed E-state index contributed by atoms with van der Waals surface area (Å²) in [6.07, 6.45) is 0.743. The molecule has 8 nitrogen and oxygen atoms in total. The van der Waals surface area contributed by atoms with Gasteiger partial charge in [-0.3, -0.25) is 0 Å².